The lowest BCUT2D eigenvalue weighted by atomic mass is 10.2. The Morgan fingerprint density at radius 2 is 1.93 bits per heavy atom. The highest BCUT2D eigenvalue weighted by atomic mass is 35.5. The van der Waals surface area contributed by atoms with Crippen LogP contribution >= 0.6 is 22.9 Å². The first kappa shape index (κ1) is 17.5. The van der Waals surface area contributed by atoms with Crippen molar-refractivity contribution in [3.05, 3.63) is 51.5 Å². The first-order valence-corrected chi connectivity index (χ1v) is 8.87. The van der Waals surface area contributed by atoms with Crippen molar-refractivity contribution in [3.8, 4) is 11.5 Å². The molecule has 2 heterocycles. The van der Waals surface area contributed by atoms with Gasteiger partial charge < -0.3 is 14.8 Å². The van der Waals surface area contributed by atoms with Gasteiger partial charge in [-0.25, -0.2) is 9.37 Å². The van der Waals surface area contributed by atoms with E-state index in [1.54, 1.807) is 12.1 Å². The molecule has 7 nitrogen and oxygen atoms in total. The zero-order chi connectivity index (χ0) is 19.1. The van der Waals surface area contributed by atoms with Gasteiger partial charge in [0.25, 0.3) is 5.56 Å². The largest absolute Gasteiger partial charge is 0.493 e. The molecule has 0 atom stereocenters. The summed E-state index contributed by atoms with van der Waals surface area (Å²) in [6.45, 7) is 0. The molecule has 0 bridgehead atoms. The molecule has 0 saturated heterocycles. The summed E-state index contributed by atoms with van der Waals surface area (Å²) in [4.78, 5) is 17.7. The van der Waals surface area contributed by atoms with Gasteiger partial charge in [0, 0.05) is 11.8 Å². The maximum Gasteiger partial charge on any atom is 0.283 e. The predicted molar refractivity (Wildman–Crippen MR) is 102 cm³/mol. The zero-order valence-corrected chi connectivity index (χ0v) is 15.7. The van der Waals surface area contributed by atoms with E-state index in [9.17, 15) is 9.18 Å². The summed E-state index contributed by atoms with van der Waals surface area (Å²) in [7, 11) is 3.00. The average molecular weight is 407 g/mol. The Kier molecular flexibility index (Phi) is 4.33. The van der Waals surface area contributed by atoms with Crippen molar-refractivity contribution >= 4 is 49.6 Å². The molecule has 4 aromatic rings. The number of aromatic nitrogens is 3. The molecule has 0 unspecified atom stereocenters. The van der Waals surface area contributed by atoms with Crippen LogP contribution in [0.3, 0.4) is 0 Å². The average Bonchev–Trinajstić information content (AvgIpc) is 3.06. The molecule has 0 spiro atoms. The second-order valence-corrected chi connectivity index (χ2v) is 6.86. The molecule has 0 aliphatic rings. The lowest BCUT2D eigenvalue weighted by Gasteiger charge is -2.08. The third kappa shape index (κ3) is 3.04. The number of rotatable bonds is 4. The van der Waals surface area contributed by atoms with Crippen molar-refractivity contribution in [1.82, 2.24) is 14.6 Å². The Morgan fingerprint density at radius 3 is 2.63 bits per heavy atom. The molecular weight excluding hydrogens is 395 g/mol. The van der Waals surface area contributed by atoms with Crippen molar-refractivity contribution in [2.45, 2.75) is 0 Å². The summed E-state index contributed by atoms with van der Waals surface area (Å²) in [6, 6.07) is 7.42. The van der Waals surface area contributed by atoms with Crippen LogP contribution in [0, 0.1) is 5.82 Å². The first-order chi connectivity index (χ1) is 13.0. The van der Waals surface area contributed by atoms with E-state index in [1.165, 1.54) is 48.3 Å². The monoisotopic (exact) mass is 406 g/mol. The predicted octanol–water partition coefficient (Wildman–Crippen LogP) is 3.86. The van der Waals surface area contributed by atoms with E-state index < -0.39 is 5.82 Å². The molecule has 0 fully saturated rings. The van der Waals surface area contributed by atoms with Gasteiger partial charge in [0.1, 0.15) is 5.82 Å². The SMILES string of the molecule is COc1cc2nc3sc(Nc4ccc(F)c(Cl)c4)nn3c(=O)c2cc1OC. The Morgan fingerprint density at radius 1 is 1.19 bits per heavy atom. The fourth-order valence-corrected chi connectivity index (χ4v) is 3.58. The van der Waals surface area contributed by atoms with Crippen LogP contribution in [-0.2, 0) is 0 Å². The molecule has 4 rings (SSSR count). The molecule has 0 saturated carbocycles. The molecule has 138 valence electrons. The minimum Gasteiger partial charge on any atom is -0.493 e. The minimum absolute atomic E-state index is 0.0127. The number of methoxy groups -OCH3 is 2. The smallest absolute Gasteiger partial charge is 0.283 e. The highest BCUT2D eigenvalue weighted by Crippen LogP contribution is 2.31. The molecular formula is C17H12ClFN4O3S. The summed E-state index contributed by atoms with van der Waals surface area (Å²) in [5.74, 6) is 0.391. The molecule has 1 N–H and O–H groups in total. The van der Waals surface area contributed by atoms with Crippen LogP contribution < -0.4 is 20.3 Å². The summed E-state index contributed by atoms with van der Waals surface area (Å²) in [5, 5.41) is 8.00. The Labute approximate surface area is 160 Å². The van der Waals surface area contributed by atoms with Crippen LogP contribution in [0.4, 0.5) is 15.2 Å². The van der Waals surface area contributed by atoms with Crippen LogP contribution in [0.1, 0.15) is 0 Å². The maximum absolute atomic E-state index is 13.3. The number of anilines is 2. The van der Waals surface area contributed by atoms with Crippen molar-refractivity contribution in [2.24, 2.45) is 0 Å². The third-order valence-corrected chi connectivity index (χ3v) is 4.99. The van der Waals surface area contributed by atoms with E-state index >= 15 is 0 Å². The van der Waals surface area contributed by atoms with Crippen LogP contribution in [0.25, 0.3) is 15.9 Å². The second-order valence-electron chi connectivity index (χ2n) is 5.50. The number of hydrogen-bond donors (Lipinski definition) is 1. The molecule has 27 heavy (non-hydrogen) atoms. The number of fused-ring (bicyclic) bond motifs is 2. The van der Waals surface area contributed by atoms with E-state index in [0.29, 0.717) is 38.2 Å². The minimum atomic E-state index is -0.515. The van der Waals surface area contributed by atoms with E-state index in [1.807, 2.05) is 0 Å². The fourth-order valence-electron chi connectivity index (χ4n) is 2.58. The molecule has 2 aromatic carbocycles. The van der Waals surface area contributed by atoms with Gasteiger partial charge in [-0.15, -0.1) is 5.10 Å². The van der Waals surface area contributed by atoms with Crippen molar-refractivity contribution in [3.63, 3.8) is 0 Å². The summed E-state index contributed by atoms with van der Waals surface area (Å²) >= 11 is 6.96. The number of nitrogens with zero attached hydrogens (tertiary/aromatic N) is 3. The molecule has 10 heteroatoms. The quantitative estimate of drug-likeness (QED) is 0.554. The summed E-state index contributed by atoms with van der Waals surface area (Å²) < 4.78 is 25.0. The van der Waals surface area contributed by atoms with Crippen molar-refractivity contribution < 1.29 is 13.9 Å². The third-order valence-electron chi connectivity index (χ3n) is 3.87. The maximum atomic E-state index is 13.3. The second kappa shape index (κ2) is 6.67. The summed E-state index contributed by atoms with van der Waals surface area (Å²) in [6.07, 6.45) is 0. The first-order valence-electron chi connectivity index (χ1n) is 7.68. The van der Waals surface area contributed by atoms with Crippen molar-refractivity contribution in [2.75, 3.05) is 19.5 Å². The highest BCUT2D eigenvalue weighted by Gasteiger charge is 2.15. The van der Waals surface area contributed by atoms with Crippen LogP contribution in [0.5, 0.6) is 11.5 Å². The number of benzene rings is 2. The summed E-state index contributed by atoms with van der Waals surface area (Å²) in [5.41, 5.74) is 0.677. The number of ether oxygens (including phenoxy) is 2. The van der Waals surface area contributed by atoms with Gasteiger partial charge in [0.2, 0.25) is 10.1 Å². The standard InChI is InChI=1S/C17H12ClFN4O3S/c1-25-13-6-9-12(7-14(13)26-2)21-17-23(15(9)24)22-16(27-17)20-8-3-4-11(19)10(18)5-8/h3-7H,1-2H3,(H,20,22). The number of nitrogens with one attached hydrogen (secondary N) is 1. The van der Waals surface area contributed by atoms with Gasteiger partial charge in [-0.3, -0.25) is 4.79 Å². The van der Waals surface area contributed by atoms with Crippen molar-refractivity contribution in [1.29, 1.82) is 0 Å². The molecule has 0 amide bonds. The van der Waals surface area contributed by atoms with Gasteiger partial charge in [-0.1, -0.05) is 22.9 Å². The van der Waals surface area contributed by atoms with E-state index in [0.717, 1.165) is 0 Å². The lowest BCUT2D eigenvalue weighted by molar-refractivity contribution is 0.355. The van der Waals surface area contributed by atoms with Gasteiger partial charge >= 0.3 is 0 Å². The molecule has 0 aliphatic carbocycles. The van der Waals surface area contributed by atoms with Gasteiger partial charge in [-0.05, 0) is 24.3 Å². The van der Waals surface area contributed by atoms with Gasteiger partial charge in [-0.2, -0.15) is 4.52 Å². The number of hydrogen-bond acceptors (Lipinski definition) is 7. The fraction of sp³-hybridized carbons (Fsp3) is 0.118. The van der Waals surface area contributed by atoms with E-state index in [4.69, 9.17) is 21.1 Å². The lowest BCUT2D eigenvalue weighted by Crippen LogP contribution is -2.15. The topological polar surface area (TPSA) is 77.8 Å². The van der Waals surface area contributed by atoms with Gasteiger partial charge in [0.05, 0.1) is 30.1 Å². The van der Waals surface area contributed by atoms with Gasteiger partial charge in [0.15, 0.2) is 11.5 Å². The van der Waals surface area contributed by atoms with E-state index in [2.05, 4.69) is 15.4 Å². The normalized spacial score (nSPS) is 11.1. The Hall–Kier alpha value is -2.91. The van der Waals surface area contributed by atoms with Crippen LogP contribution in [-0.4, -0.2) is 28.8 Å². The molecule has 2 aromatic heterocycles. The highest BCUT2D eigenvalue weighted by molar-refractivity contribution is 7.20. The Bertz CT molecular complexity index is 1240. The Balaban J connectivity index is 1.83. The molecule has 0 radical (unpaired) electrons. The zero-order valence-electron chi connectivity index (χ0n) is 14.1. The number of halogens is 2. The van der Waals surface area contributed by atoms with E-state index in [-0.39, 0.29) is 10.6 Å². The molecule has 0 aliphatic heterocycles. The van der Waals surface area contributed by atoms with Crippen LogP contribution in [0.15, 0.2) is 35.1 Å². The van der Waals surface area contributed by atoms with Crippen LogP contribution in [0.2, 0.25) is 5.02 Å².